The van der Waals surface area contributed by atoms with Crippen molar-refractivity contribution in [1.29, 1.82) is 0 Å². The molecule has 0 unspecified atom stereocenters. The van der Waals surface area contributed by atoms with Gasteiger partial charge in [0, 0.05) is 29.5 Å². The molecule has 6 heteroatoms. The van der Waals surface area contributed by atoms with Crippen molar-refractivity contribution in [2.24, 2.45) is 0 Å². The number of hydrogen-bond acceptors (Lipinski definition) is 5. The molecule has 1 N–H and O–H groups in total. The Bertz CT molecular complexity index is 484. The smallest absolute Gasteiger partial charge is 0.353 e. The molecule has 0 radical (unpaired) electrons. The molecule has 18 heavy (non-hydrogen) atoms. The van der Waals surface area contributed by atoms with Crippen LogP contribution in [0.3, 0.4) is 0 Å². The summed E-state index contributed by atoms with van der Waals surface area (Å²) in [7, 11) is -0.318. The highest BCUT2D eigenvalue weighted by Crippen LogP contribution is 2.61. The standard InChI is InChI=1S/C12H18NO3PS/c1-12(2)11(17(14,15-3)16-4)13-9-7-5-6-8-10(9)18-12/h5-8,11,13H,1-4H3/t11-/m1/s1. The topological polar surface area (TPSA) is 47.6 Å². The van der Waals surface area contributed by atoms with Gasteiger partial charge in [-0.2, -0.15) is 0 Å². The predicted molar refractivity (Wildman–Crippen MR) is 75.4 cm³/mol. The number of thioether (sulfide) groups is 1. The SMILES string of the molecule is COP(=O)(OC)[C@H]1Nc2ccccc2SC1(C)C. The Balaban J connectivity index is 2.42. The molecule has 0 bridgehead atoms. The summed E-state index contributed by atoms with van der Waals surface area (Å²) in [6, 6.07) is 7.97. The monoisotopic (exact) mass is 287 g/mol. The van der Waals surface area contributed by atoms with Crippen LogP contribution in [0.2, 0.25) is 0 Å². The number of hydrogen-bond donors (Lipinski definition) is 1. The summed E-state index contributed by atoms with van der Waals surface area (Å²) in [4.78, 5) is 1.15. The zero-order valence-electron chi connectivity index (χ0n) is 11.0. The van der Waals surface area contributed by atoms with Crippen molar-refractivity contribution in [2.75, 3.05) is 19.5 Å². The lowest BCUT2D eigenvalue weighted by Crippen LogP contribution is -2.42. The van der Waals surface area contributed by atoms with Gasteiger partial charge in [-0.1, -0.05) is 12.1 Å². The maximum Gasteiger partial charge on any atom is 0.353 e. The maximum atomic E-state index is 12.6. The van der Waals surface area contributed by atoms with Crippen LogP contribution in [0.5, 0.6) is 0 Å². The molecule has 1 aliphatic rings. The van der Waals surface area contributed by atoms with Crippen molar-refractivity contribution in [3.8, 4) is 0 Å². The van der Waals surface area contributed by atoms with Crippen molar-refractivity contribution in [3.05, 3.63) is 24.3 Å². The van der Waals surface area contributed by atoms with E-state index in [2.05, 4.69) is 11.4 Å². The minimum Gasteiger partial charge on any atom is -0.370 e. The van der Waals surface area contributed by atoms with Gasteiger partial charge in [0.1, 0.15) is 5.78 Å². The zero-order valence-corrected chi connectivity index (χ0v) is 12.7. The van der Waals surface area contributed by atoms with Crippen molar-refractivity contribution < 1.29 is 13.6 Å². The van der Waals surface area contributed by atoms with Crippen molar-refractivity contribution in [2.45, 2.75) is 29.3 Å². The molecule has 0 saturated heterocycles. The lowest BCUT2D eigenvalue weighted by Gasteiger charge is -2.41. The van der Waals surface area contributed by atoms with Gasteiger partial charge >= 0.3 is 7.60 Å². The first-order valence-corrected chi connectivity index (χ1v) is 8.11. The summed E-state index contributed by atoms with van der Waals surface area (Å²) in [5, 5.41) is 3.30. The third-order valence-electron chi connectivity index (χ3n) is 3.04. The lowest BCUT2D eigenvalue weighted by molar-refractivity contribution is 0.263. The third kappa shape index (κ3) is 2.32. The van der Waals surface area contributed by atoms with E-state index < -0.39 is 7.60 Å². The molecule has 1 atom stereocenters. The van der Waals surface area contributed by atoms with E-state index in [1.54, 1.807) is 11.8 Å². The molecule has 2 rings (SSSR count). The Labute approximate surface area is 112 Å². The van der Waals surface area contributed by atoms with Gasteiger partial charge in [-0.05, 0) is 26.0 Å². The van der Waals surface area contributed by atoms with Crippen LogP contribution in [0.15, 0.2) is 29.2 Å². The fourth-order valence-corrected chi connectivity index (χ4v) is 5.38. The van der Waals surface area contributed by atoms with E-state index in [1.807, 2.05) is 32.0 Å². The largest absolute Gasteiger partial charge is 0.370 e. The average Bonchev–Trinajstić information content (AvgIpc) is 2.36. The summed E-state index contributed by atoms with van der Waals surface area (Å²) in [6.07, 6.45) is 0. The maximum absolute atomic E-state index is 12.6. The van der Waals surface area contributed by atoms with Crippen LogP contribution < -0.4 is 5.32 Å². The van der Waals surface area contributed by atoms with Gasteiger partial charge in [-0.25, -0.2) is 0 Å². The van der Waals surface area contributed by atoms with Crippen LogP contribution in [-0.4, -0.2) is 24.7 Å². The molecule has 0 saturated carbocycles. The molecule has 0 fully saturated rings. The number of nitrogens with one attached hydrogen (secondary N) is 1. The van der Waals surface area contributed by atoms with E-state index in [4.69, 9.17) is 9.05 Å². The van der Waals surface area contributed by atoms with E-state index >= 15 is 0 Å². The van der Waals surface area contributed by atoms with E-state index in [0.717, 1.165) is 10.6 Å². The second-order valence-electron chi connectivity index (χ2n) is 4.65. The van der Waals surface area contributed by atoms with Gasteiger partial charge in [-0.3, -0.25) is 4.57 Å². The Kier molecular flexibility index (Phi) is 3.79. The summed E-state index contributed by atoms with van der Waals surface area (Å²) >= 11 is 1.69. The first-order valence-electron chi connectivity index (χ1n) is 5.69. The normalized spacial score (nSPS) is 22.1. The molecule has 0 amide bonds. The van der Waals surface area contributed by atoms with Crippen LogP contribution in [0, 0.1) is 0 Å². The highest BCUT2D eigenvalue weighted by molar-refractivity contribution is 8.01. The van der Waals surface area contributed by atoms with Gasteiger partial charge in [0.25, 0.3) is 0 Å². The Morgan fingerprint density at radius 3 is 2.50 bits per heavy atom. The highest BCUT2D eigenvalue weighted by Gasteiger charge is 2.48. The minimum atomic E-state index is -3.17. The van der Waals surface area contributed by atoms with Crippen LogP contribution in [0.4, 0.5) is 5.69 Å². The van der Waals surface area contributed by atoms with Gasteiger partial charge < -0.3 is 14.4 Å². The first-order chi connectivity index (χ1) is 8.43. The zero-order chi connectivity index (χ0) is 13.4. The van der Waals surface area contributed by atoms with Crippen LogP contribution >= 0.6 is 19.4 Å². The molecule has 1 aromatic carbocycles. The van der Waals surface area contributed by atoms with Crippen molar-refractivity contribution >= 4 is 25.0 Å². The van der Waals surface area contributed by atoms with E-state index in [-0.39, 0.29) is 10.5 Å². The summed E-state index contributed by atoms with van der Waals surface area (Å²) in [6.45, 7) is 4.08. The first kappa shape index (κ1) is 13.9. The third-order valence-corrected chi connectivity index (χ3v) is 6.97. The number of anilines is 1. The highest BCUT2D eigenvalue weighted by atomic mass is 32.2. The number of benzene rings is 1. The molecule has 0 aliphatic carbocycles. The molecule has 1 aliphatic heterocycles. The fourth-order valence-electron chi connectivity index (χ4n) is 2.08. The Morgan fingerprint density at radius 1 is 1.28 bits per heavy atom. The van der Waals surface area contributed by atoms with E-state index in [0.29, 0.717) is 0 Å². The molecule has 4 nitrogen and oxygen atoms in total. The average molecular weight is 287 g/mol. The number of rotatable bonds is 3. The molecule has 100 valence electrons. The Hall–Kier alpha value is -0.480. The minimum absolute atomic E-state index is 0.282. The van der Waals surface area contributed by atoms with Crippen molar-refractivity contribution in [3.63, 3.8) is 0 Å². The second kappa shape index (κ2) is 4.89. The van der Waals surface area contributed by atoms with E-state index in [1.165, 1.54) is 14.2 Å². The van der Waals surface area contributed by atoms with Crippen LogP contribution in [0.1, 0.15) is 13.8 Å². The van der Waals surface area contributed by atoms with Gasteiger partial charge in [0.2, 0.25) is 0 Å². The Morgan fingerprint density at radius 2 is 1.89 bits per heavy atom. The predicted octanol–water partition coefficient (Wildman–Crippen LogP) is 3.79. The molecule has 1 aromatic rings. The molecular formula is C12H18NO3PS. The molecule has 1 heterocycles. The van der Waals surface area contributed by atoms with Gasteiger partial charge in [0.15, 0.2) is 0 Å². The summed E-state index contributed by atoms with van der Waals surface area (Å²) < 4.78 is 22.6. The quantitative estimate of drug-likeness (QED) is 0.857. The van der Waals surface area contributed by atoms with Crippen LogP contribution in [0.25, 0.3) is 0 Å². The summed E-state index contributed by atoms with van der Waals surface area (Å²) in [5.41, 5.74) is 0.973. The van der Waals surface area contributed by atoms with Crippen LogP contribution in [-0.2, 0) is 13.6 Å². The molecular weight excluding hydrogens is 269 g/mol. The van der Waals surface area contributed by atoms with Gasteiger partial charge in [0.05, 0.1) is 0 Å². The molecule has 0 aromatic heterocycles. The molecule has 0 spiro atoms. The number of fused-ring (bicyclic) bond motifs is 1. The van der Waals surface area contributed by atoms with Gasteiger partial charge in [-0.15, -0.1) is 11.8 Å². The lowest BCUT2D eigenvalue weighted by atomic mass is 10.2. The second-order valence-corrected chi connectivity index (χ2v) is 8.68. The number of para-hydroxylation sites is 1. The van der Waals surface area contributed by atoms with E-state index in [9.17, 15) is 4.57 Å². The summed E-state index contributed by atoms with van der Waals surface area (Å²) in [5.74, 6) is -0.375. The fraction of sp³-hybridized carbons (Fsp3) is 0.500. The van der Waals surface area contributed by atoms with Crippen molar-refractivity contribution in [1.82, 2.24) is 0 Å².